The Morgan fingerprint density at radius 3 is 2.61 bits per heavy atom. The van der Waals surface area contributed by atoms with E-state index in [1.165, 1.54) is 6.42 Å². The molecule has 3 fully saturated rings. The van der Waals surface area contributed by atoms with E-state index in [2.05, 4.69) is 4.90 Å². The normalized spacial score (nSPS) is 27.3. The SMILES string of the molecule is O=C(CN1CCCCCC1=O)N1CCN(C[C@H]2CCCO2)CC1. The smallest absolute Gasteiger partial charge is 0.242 e. The zero-order valence-corrected chi connectivity index (χ0v) is 14.0. The molecule has 23 heavy (non-hydrogen) atoms. The van der Waals surface area contributed by atoms with Gasteiger partial charge in [0.15, 0.2) is 0 Å². The number of rotatable bonds is 4. The Morgan fingerprint density at radius 1 is 1.04 bits per heavy atom. The summed E-state index contributed by atoms with van der Waals surface area (Å²) in [5.74, 6) is 0.255. The summed E-state index contributed by atoms with van der Waals surface area (Å²) in [5, 5.41) is 0. The fourth-order valence-electron chi connectivity index (χ4n) is 3.73. The molecule has 0 aliphatic carbocycles. The summed E-state index contributed by atoms with van der Waals surface area (Å²) in [4.78, 5) is 30.6. The molecule has 0 bridgehead atoms. The zero-order valence-electron chi connectivity index (χ0n) is 14.0. The van der Waals surface area contributed by atoms with Crippen molar-refractivity contribution in [2.75, 3.05) is 52.4 Å². The Balaban J connectivity index is 1.41. The summed E-state index contributed by atoms with van der Waals surface area (Å²) in [6.45, 7) is 6.27. The molecule has 3 aliphatic heterocycles. The van der Waals surface area contributed by atoms with Crippen molar-refractivity contribution in [3.05, 3.63) is 0 Å². The minimum Gasteiger partial charge on any atom is -0.377 e. The van der Waals surface area contributed by atoms with Crippen LogP contribution in [0, 0.1) is 0 Å². The minimum absolute atomic E-state index is 0.108. The molecule has 0 aromatic carbocycles. The first-order chi connectivity index (χ1) is 11.2. The van der Waals surface area contributed by atoms with Gasteiger partial charge in [0.1, 0.15) is 0 Å². The molecule has 1 atom stereocenters. The largest absolute Gasteiger partial charge is 0.377 e. The maximum Gasteiger partial charge on any atom is 0.242 e. The van der Waals surface area contributed by atoms with Crippen LogP contribution in [0.15, 0.2) is 0 Å². The van der Waals surface area contributed by atoms with Gasteiger partial charge in [-0.1, -0.05) is 6.42 Å². The molecule has 0 unspecified atom stereocenters. The van der Waals surface area contributed by atoms with Crippen LogP contribution in [0.3, 0.4) is 0 Å². The zero-order chi connectivity index (χ0) is 16.1. The average molecular weight is 323 g/mol. The molecule has 0 spiro atoms. The number of carbonyl (C=O) groups is 2. The summed E-state index contributed by atoms with van der Waals surface area (Å²) >= 11 is 0. The molecular weight excluding hydrogens is 294 g/mol. The molecule has 0 aromatic rings. The van der Waals surface area contributed by atoms with E-state index in [0.717, 1.165) is 71.6 Å². The first-order valence-electron chi connectivity index (χ1n) is 9.12. The molecule has 0 aromatic heterocycles. The van der Waals surface area contributed by atoms with E-state index in [-0.39, 0.29) is 18.4 Å². The minimum atomic E-state index is 0.108. The van der Waals surface area contributed by atoms with E-state index in [4.69, 9.17) is 4.74 Å². The fourth-order valence-corrected chi connectivity index (χ4v) is 3.73. The van der Waals surface area contributed by atoms with Gasteiger partial charge in [0.2, 0.25) is 11.8 Å². The highest BCUT2D eigenvalue weighted by molar-refractivity contribution is 5.85. The van der Waals surface area contributed by atoms with Crippen molar-refractivity contribution >= 4 is 11.8 Å². The fraction of sp³-hybridized carbons (Fsp3) is 0.882. The molecule has 6 nitrogen and oxygen atoms in total. The monoisotopic (exact) mass is 323 g/mol. The highest BCUT2D eigenvalue weighted by Gasteiger charge is 2.27. The van der Waals surface area contributed by atoms with Crippen LogP contribution in [0.5, 0.6) is 0 Å². The number of hydrogen-bond donors (Lipinski definition) is 0. The van der Waals surface area contributed by atoms with Crippen LogP contribution in [0.25, 0.3) is 0 Å². The summed E-state index contributed by atoms with van der Waals surface area (Å²) in [6, 6.07) is 0. The van der Waals surface area contributed by atoms with Gasteiger partial charge < -0.3 is 14.5 Å². The Bertz CT molecular complexity index is 415. The standard InChI is InChI=1S/C17H29N3O3/c21-16-6-2-1-3-7-20(16)14-17(22)19-10-8-18(9-11-19)13-15-5-4-12-23-15/h15H,1-14H2/t15-/m1/s1. The maximum atomic E-state index is 12.5. The van der Waals surface area contributed by atoms with Gasteiger partial charge in [0.05, 0.1) is 12.6 Å². The molecule has 3 heterocycles. The number of likely N-dealkylation sites (tertiary alicyclic amines) is 1. The summed E-state index contributed by atoms with van der Waals surface area (Å²) in [5.41, 5.74) is 0. The average Bonchev–Trinajstić information content (AvgIpc) is 2.98. The van der Waals surface area contributed by atoms with Gasteiger partial charge in [0, 0.05) is 52.3 Å². The number of amides is 2. The predicted octanol–water partition coefficient (Wildman–Crippen LogP) is 0.712. The van der Waals surface area contributed by atoms with Gasteiger partial charge in [-0.05, 0) is 25.7 Å². The number of hydrogen-bond acceptors (Lipinski definition) is 4. The Hall–Kier alpha value is -1.14. The molecule has 0 saturated carbocycles. The molecular formula is C17H29N3O3. The van der Waals surface area contributed by atoms with E-state index in [1.54, 1.807) is 4.90 Å². The van der Waals surface area contributed by atoms with Crippen molar-refractivity contribution in [1.82, 2.24) is 14.7 Å². The van der Waals surface area contributed by atoms with Crippen LogP contribution < -0.4 is 0 Å². The van der Waals surface area contributed by atoms with Crippen molar-refractivity contribution in [3.8, 4) is 0 Å². The van der Waals surface area contributed by atoms with Crippen molar-refractivity contribution < 1.29 is 14.3 Å². The second kappa shape index (κ2) is 8.11. The second-order valence-corrected chi connectivity index (χ2v) is 6.94. The van der Waals surface area contributed by atoms with E-state index in [9.17, 15) is 9.59 Å². The van der Waals surface area contributed by atoms with Crippen LogP contribution in [0.4, 0.5) is 0 Å². The van der Waals surface area contributed by atoms with Crippen LogP contribution in [-0.4, -0.2) is 85.0 Å². The van der Waals surface area contributed by atoms with Crippen molar-refractivity contribution in [1.29, 1.82) is 0 Å². The molecule has 3 aliphatic rings. The van der Waals surface area contributed by atoms with Gasteiger partial charge in [-0.25, -0.2) is 0 Å². The third-order valence-corrected chi connectivity index (χ3v) is 5.21. The van der Waals surface area contributed by atoms with Crippen molar-refractivity contribution in [2.45, 2.75) is 44.6 Å². The van der Waals surface area contributed by atoms with Crippen LogP contribution >= 0.6 is 0 Å². The lowest BCUT2D eigenvalue weighted by molar-refractivity contribution is -0.141. The third-order valence-electron chi connectivity index (χ3n) is 5.21. The van der Waals surface area contributed by atoms with Crippen LogP contribution in [-0.2, 0) is 14.3 Å². The number of carbonyl (C=O) groups excluding carboxylic acids is 2. The van der Waals surface area contributed by atoms with Crippen molar-refractivity contribution in [3.63, 3.8) is 0 Å². The number of piperazine rings is 1. The van der Waals surface area contributed by atoms with Gasteiger partial charge in [0.25, 0.3) is 0 Å². The van der Waals surface area contributed by atoms with Crippen molar-refractivity contribution in [2.24, 2.45) is 0 Å². The first kappa shape index (κ1) is 16.7. The Kier molecular flexibility index (Phi) is 5.89. The predicted molar refractivity (Wildman–Crippen MR) is 87.0 cm³/mol. The first-order valence-corrected chi connectivity index (χ1v) is 9.12. The molecule has 2 amide bonds. The number of nitrogens with zero attached hydrogens (tertiary/aromatic N) is 3. The van der Waals surface area contributed by atoms with Gasteiger partial charge >= 0.3 is 0 Å². The lowest BCUT2D eigenvalue weighted by Crippen LogP contribution is -2.52. The number of ether oxygens (including phenoxy) is 1. The molecule has 3 saturated heterocycles. The lowest BCUT2D eigenvalue weighted by Gasteiger charge is -2.36. The van der Waals surface area contributed by atoms with E-state index in [1.807, 2.05) is 4.90 Å². The maximum absolute atomic E-state index is 12.5. The van der Waals surface area contributed by atoms with E-state index >= 15 is 0 Å². The van der Waals surface area contributed by atoms with Gasteiger partial charge in [-0.3, -0.25) is 14.5 Å². The van der Waals surface area contributed by atoms with Gasteiger partial charge in [-0.15, -0.1) is 0 Å². The van der Waals surface area contributed by atoms with E-state index in [0.29, 0.717) is 12.5 Å². The van der Waals surface area contributed by atoms with Crippen LogP contribution in [0.1, 0.15) is 38.5 Å². The summed E-state index contributed by atoms with van der Waals surface area (Å²) in [6.07, 6.45) is 6.40. The highest BCUT2D eigenvalue weighted by Crippen LogP contribution is 2.15. The molecule has 6 heteroatoms. The van der Waals surface area contributed by atoms with Crippen LogP contribution in [0.2, 0.25) is 0 Å². The molecule has 0 N–H and O–H groups in total. The Morgan fingerprint density at radius 2 is 1.87 bits per heavy atom. The van der Waals surface area contributed by atoms with E-state index < -0.39 is 0 Å². The second-order valence-electron chi connectivity index (χ2n) is 6.94. The molecule has 0 radical (unpaired) electrons. The third kappa shape index (κ3) is 4.67. The topological polar surface area (TPSA) is 53.1 Å². The lowest BCUT2D eigenvalue weighted by atomic mass is 10.2. The van der Waals surface area contributed by atoms with Gasteiger partial charge in [-0.2, -0.15) is 0 Å². The molecule has 3 rings (SSSR count). The highest BCUT2D eigenvalue weighted by atomic mass is 16.5. The molecule has 130 valence electrons. The summed E-state index contributed by atoms with van der Waals surface area (Å²) < 4.78 is 5.69. The summed E-state index contributed by atoms with van der Waals surface area (Å²) in [7, 11) is 0. The quantitative estimate of drug-likeness (QED) is 0.765. The Labute approximate surface area is 138 Å².